The predicted molar refractivity (Wildman–Crippen MR) is 82.5 cm³/mol. The molecule has 0 atom stereocenters. The van der Waals surface area contributed by atoms with Crippen molar-refractivity contribution in [2.45, 2.75) is 0 Å². The standard InChI is InChI=1S/C7H2Cl4N2.C6H6/c8-3-1-2-4-6(5(3)9)12-7(10)13(4)11;1-2-4-6-5-3-1/h1-2H;1-6H. The molecule has 0 fully saturated rings. The fourth-order valence-electron chi connectivity index (χ4n) is 1.41. The zero-order valence-corrected chi connectivity index (χ0v) is 12.5. The van der Waals surface area contributed by atoms with Crippen LogP contribution in [-0.2, 0) is 0 Å². The van der Waals surface area contributed by atoms with Gasteiger partial charge in [-0.15, -0.1) is 0 Å². The first-order chi connectivity index (χ1) is 9.11. The molecule has 98 valence electrons. The Kier molecular flexibility index (Phi) is 4.94. The van der Waals surface area contributed by atoms with Gasteiger partial charge in [-0.3, -0.25) is 0 Å². The Hall–Kier alpha value is -0.930. The van der Waals surface area contributed by atoms with Crippen LogP contribution in [0.5, 0.6) is 0 Å². The molecule has 0 spiro atoms. The number of nitrogens with zero attached hydrogens (tertiary/aromatic N) is 2. The highest BCUT2D eigenvalue weighted by atomic mass is 35.5. The maximum atomic E-state index is 5.89. The molecule has 2 aromatic carbocycles. The SMILES string of the molecule is Clc1ccc2c(nc(Cl)n2Cl)c1Cl.c1ccccc1. The van der Waals surface area contributed by atoms with E-state index in [4.69, 9.17) is 46.6 Å². The van der Waals surface area contributed by atoms with Crippen LogP contribution in [0.2, 0.25) is 15.3 Å². The van der Waals surface area contributed by atoms with E-state index in [0.717, 1.165) is 0 Å². The van der Waals surface area contributed by atoms with Gasteiger partial charge in [0.05, 0.1) is 15.6 Å². The number of rotatable bonds is 0. The lowest BCUT2D eigenvalue weighted by Crippen LogP contribution is -1.78. The molecular formula is C13H8Cl4N2. The van der Waals surface area contributed by atoms with Gasteiger partial charge >= 0.3 is 0 Å². The molecule has 3 aromatic rings. The van der Waals surface area contributed by atoms with Crippen molar-refractivity contribution in [1.82, 2.24) is 9.07 Å². The first-order valence-electron chi connectivity index (χ1n) is 5.29. The number of hydrogen-bond acceptors (Lipinski definition) is 1. The van der Waals surface area contributed by atoms with Crippen LogP contribution in [0.4, 0.5) is 0 Å². The zero-order valence-electron chi connectivity index (χ0n) is 9.53. The summed E-state index contributed by atoms with van der Waals surface area (Å²) in [5.41, 5.74) is 1.15. The van der Waals surface area contributed by atoms with E-state index in [1.54, 1.807) is 12.1 Å². The van der Waals surface area contributed by atoms with Crippen LogP contribution in [0.1, 0.15) is 0 Å². The molecule has 0 aliphatic rings. The maximum Gasteiger partial charge on any atom is 0.218 e. The molecule has 0 bridgehead atoms. The molecule has 1 aromatic heterocycles. The molecule has 0 aliphatic heterocycles. The zero-order chi connectivity index (χ0) is 13.8. The topological polar surface area (TPSA) is 17.8 Å². The summed E-state index contributed by atoms with van der Waals surface area (Å²) in [5.74, 6) is 0. The third-order valence-electron chi connectivity index (χ3n) is 2.29. The van der Waals surface area contributed by atoms with Crippen molar-refractivity contribution in [2.75, 3.05) is 0 Å². The van der Waals surface area contributed by atoms with Crippen LogP contribution < -0.4 is 0 Å². The average Bonchev–Trinajstić information content (AvgIpc) is 2.74. The van der Waals surface area contributed by atoms with Crippen LogP contribution in [0.3, 0.4) is 0 Å². The molecule has 0 saturated carbocycles. The Balaban J connectivity index is 0.000000186. The van der Waals surface area contributed by atoms with Crippen LogP contribution >= 0.6 is 46.6 Å². The second kappa shape index (κ2) is 6.49. The van der Waals surface area contributed by atoms with Crippen LogP contribution in [0.15, 0.2) is 48.5 Å². The second-order valence-corrected chi connectivity index (χ2v) is 5.01. The third-order valence-corrected chi connectivity index (χ3v) is 3.77. The molecule has 0 saturated heterocycles. The Bertz CT molecular complexity index is 653. The minimum atomic E-state index is 0.167. The predicted octanol–water partition coefficient (Wildman–Crippen LogP) is 5.69. The molecule has 0 amide bonds. The van der Waals surface area contributed by atoms with Crippen LogP contribution in [0.25, 0.3) is 11.0 Å². The molecule has 0 radical (unpaired) electrons. The fraction of sp³-hybridized carbons (Fsp3) is 0. The van der Waals surface area contributed by atoms with Crippen molar-refractivity contribution in [1.29, 1.82) is 0 Å². The highest BCUT2D eigenvalue weighted by molar-refractivity contribution is 6.45. The molecule has 19 heavy (non-hydrogen) atoms. The van der Waals surface area contributed by atoms with Gasteiger partial charge in [0.15, 0.2) is 0 Å². The number of fused-ring (bicyclic) bond motifs is 1. The number of halogens is 4. The van der Waals surface area contributed by atoms with Crippen molar-refractivity contribution in [2.24, 2.45) is 0 Å². The van der Waals surface area contributed by atoms with Crippen molar-refractivity contribution < 1.29 is 0 Å². The summed E-state index contributed by atoms with van der Waals surface area (Å²) in [6.07, 6.45) is 0. The first-order valence-corrected chi connectivity index (χ1v) is 6.76. The van der Waals surface area contributed by atoms with Gasteiger partial charge in [-0.1, -0.05) is 59.6 Å². The van der Waals surface area contributed by atoms with E-state index in [0.29, 0.717) is 21.1 Å². The Morgan fingerprint density at radius 2 is 1.37 bits per heavy atom. The minimum Gasteiger partial charge on any atom is -0.224 e. The summed E-state index contributed by atoms with van der Waals surface area (Å²) in [4.78, 5) is 3.95. The summed E-state index contributed by atoms with van der Waals surface area (Å²) >= 11 is 23.1. The molecule has 0 unspecified atom stereocenters. The van der Waals surface area contributed by atoms with Crippen LogP contribution in [0, 0.1) is 0 Å². The van der Waals surface area contributed by atoms with E-state index in [9.17, 15) is 0 Å². The molecule has 6 heteroatoms. The largest absolute Gasteiger partial charge is 0.224 e. The Morgan fingerprint density at radius 1 is 0.842 bits per heavy atom. The molecule has 2 nitrogen and oxygen atoms in total. The normalized spacial score (nSPS) is 10.1. The van der Waals surface area contributed by atoms with Gasteiger partial charge in [0.2, 0.25) is 5.28 Å². The number of aromatic nitrogens is 2. The van der Waals surface area contributed by atoms with Gasteiger partial charge in [0, 0.05) is 11.8 Å². The average molecular weight is 334 g/mol. The Labute approximate surface area is 130 Å². The van der Waals surface area contributed by atoms with Gasteiger partial charge in [-0.2, -0.15) is 0 Å². The lowest BCUT2D eigenvalue weighted by atomic mass is 10.3. The smallest absolute Gasteiger partial charge is 0.218 e. The van der Waals surface area contributed by atoms with E-state index in [-0.39, 0.29) is 5.28 Å². The monoisotopic (exact) mass is 332 g/mol. The summed E-state index contributed by atoms with van der Waals surface area (Å²) in [6, 6.07) is 15.3. The van der Waals surface area contributed by atoms with E-state index in [2.05, 4.69) is 4.98 Å². The first kappa shape index (κ1) is 14.5. The number of hydrogen-bond donors (Lipinski definition) is 0. The van der Waals surface area contributed by atoms with Gasteiger partial charge < -0.3 is 0 Å². The van der Waals surface area contributed by atoms with Gasteiger partial charge in [-0.25, -0.2) is 9.07 Å². The summed E-state index contributed by atoms with van der Waals surface area (Å²) < 4.78 is 1.22. The quantitative estimate of drug-likeness (QED) is 0.517. The number of imidazole rings is 1. The maximum absolute atomic E-state index is 5.89. The lowest BCUT2D eigenvalue weighted by Gasteiger charge is -1.95. The van der Waals surface area contributed by atoms with Gasteiger partial charge in [0.1, 0.15) is 5.52 Å². The summed E-state index contributed by atoms with van der Waals surface area (Å²) in [5, 5.41) is 0.960. The highest BCUT2D eigenvalue weighted by Gasteiger charge is 2.12. The molecule has 1 heterocycles. The van der Waals surface area contributed by atoms with Crippen molar-refractivity contribution in [3.05, 3.63) is 63.9 Å². The van der Waals surface area contributed by atoms with E-state index >= 15 is 0 Å². The summed E-state index contributed by atoms with van der Waals surface area (Å²) in [6.45, 7) is 0. The van der Waals surface area contributed by atoms with Crippen molar-refractivity contribution in [3.8, 4) is 0 Å². The minimum absolute atomic E-state index is 0.167. The van der Waals surface area contributed by atoms with Gasteiger partial charge in [0.25, 0.3) is 0 Å². The highest BCUT2D eigenvalue weighted by Crippen LogP contribution is 2.32. The molecular weight excluding hydrogens is 326 g/mol. The molecule has 3 rings (SSSR count). The summed E-state index contributed by atoms with van der Waals surface area (Å²) in [7, 11) is 0. The fourth-order valence-corrected chi connectivity index (χ4v) is 2.12. The lowest BCUT2D eigenvalue weighted by molar-refractivity contribution is 1.25. The van der Waals surface area contributed by atoms with E-state index < -0.39 is 0 Å². The van der Waals surface area contributed by atoms with Crippen LogP contribution in [-0.4, -0.2) is 9.07 Å². The van der Waals surface area contributed by atoms with Crippen molar-refractivity contribution in [3.63, 3.8) is 0 Å². The Morgan fingerprint density at radius 3 is 1.89 bits per heavy atom. The third kappa shape index (κ3) is 3.34. The number of benzene rings is 2. The molecule has 0 N–H and O–H groups in total. The van der Waals surface area contributed by atoms with E-state index in [1.807, 2.05) is 36.4 Å². The van der Waals surface area contributed by atoms with E-state index in [1.165, 1.54) is 4.09 Å². The van der Waals surface area contributed by atoms with Crippen molar-refractivity contribution >= 4 is 57.6 Å². The van der Waals surface area contributed by atoms with Gasteiger partial charge in [-0.05, 0) is 23.7 Å². The second-order valence-electron chi connectivity index (χ2n) is 3.55. The molecule has 0 aliphatic carbocycles.